The topological polar surface area (TPSA) is 88.5 Å². The van der Waals surface area contributed by atoms with Gasteiger partial charge in [-0.25, -0.2) is 9.18 Å². The van der Waals surface area contributed by atoms with Gasteiger partial charge in [0.2, 0.25) is 0 Å². The van der Waals surface area contributed by atoms with Crippen LogP contribution in [0.4, 0.5) is 4.39 Å². The fourth-order valence-corrected chi connectivity index (χ4v) is 3.01. The maximum Gasteiger partial charge on any atom is 0.336 e. The van der Waals surface area contributed by atoms with Gasteiger partial charge in [0.1, 0.15) is 18.2 Å². The van der Waals surface area contributed by atoms with Crippen molar-refractivity contribution >= 4 is 23.5 Å². The summed E-state index contributed by atoms with van der Waals surface area (Å²) >= 11 is 5.84. The molecule has 0 fully saturated rings. The van der Waals surface area contributed by atoms with Gasteiger partial charge >= 0.3 is 5.97 Å². The molecule has 2 N–H and O–H groups in total. The Morgan fingerprint density at radius 2 is 1.87 bits per heavy atom. The van der Waals surface area contributed by atoms with Gasteiger partial charge in [0, 0.05) is 5.02 Å². The predicted octanol–water partition coefficient (Wildman–Crippen LogP) is 4.64. The van der Waals surface area contributed by atoms with Crippen molar-refractivity contribution in [2.45, 2.75) is 19.6 Å². The molecular weight excluding hydrogens is 411 g/mol. The lowest BCUT2D eigenvalue weighted by Crippen LogP contribution is -2.29. The van der Waals surface area contributed by atoms with Crippen LogP contribution in [-0.4, -0.2) is 22.0 Å². The second-order valence-electron chi connectivity index (χ2n) is 6.48. The number of nitrogens with zero attached hydrogens (tertiary/aromatic N) is 1. The first-order valence-corrected chi connectivity index (χ1v) is 9.39. The smallest absolute Gasteiger partial charge is 0.336 e. The van der Waals surface area contributed by atoms with Gasteiger partial charge in [-0.05, 0) is 48.9 Å². The first-order chi connectivity index (χ1) is 14.3. The predicted molar refractivity (Wildman–Crippen MR) is 109 cm³/mol. The summed E-state index contributed by atoms with van der Waals surface area (Å²) in [7, 11) is 0. The number of halogens is 2. The number of amides is 1. The normalized spacial score (nSPS) is 11.6. The van der Waals surface area contributed by atoms with Gasteiger partial charge in [0.15, 0.2) is 0 Å². The number of pyridine rings is 1. The van der Waals surface area contributed by atoms with Crippen LogP contribution in [0.5, 0.6) is 5.75 Å². The summed E-state index contributed by atoms with van der Waals surface area (Å²) in [5.74, 6) is -1.85. The second-order valence-corrected chi connectivity index (χ2v) is 6.91. The molecule has 0 unspecified atom stereocenters. The number of hydrogen-bond donors (Lipinski definition) is 2. The highest BCUT2D eigenvalue weighted by atomic mass is 35.5. The van der Waals surface area contributed by atoms with Gasteiger partial charge in [0.05, 0.1) is 29.1 Å². The van der Waals surface area contributed by atoms with E-state index in [1.807, 2.05) is 0 Å². The van der Waals surface area contributed by atoms with Gasteiger partial charge in [-0.15, -0.1) is 0 Å². The molecule has 1 atom stereocenters. The molecule has 1 aromatic heterocycles. The van der Waals surface area contributed by atoms with Gasteiger partial charge in [0.25, 0.3) is 5.91 Å². The number of aromatic carboxylic acids is 1. The highest BCUT2D eigenvalue weighted by Gasteiger charge is 2.20. The molecule has 0 saturated carbocycles. The van der Waals surface area contributed by atoms with Crippen LogP contribution in [0, 0.1) is 5.82 Å². The van der Waals surface area contributed by atoms with Crippen LogP contribution in [0.15, 0.2) is 60.8 Å². The van der Waals surface area contributed by atoms with Crippen LogP contribution < -0.4 is 10.1 Å². The summed E-state index contributed by atoms with van der Waals surface area (Å²) in [6, 6.07) is 13.4. The lowest BCUT2D eigenvalue weighted by atomic mass is 10.0. The molecule has 30 heavy (non-hydrogen) atoms. The monoisotopic (exact) mass is 428 g/mol. The lowest BCUT2D eigenvalue weighted by Gasteiger charge is -2.17. The number of benzene rings is 2. The number of carbonyl (C=O) groups is 2. The molecule has 2 aromatic carbocycles. The maximum atomic E-state index is 13.8. The average Bonchev–Trinajstić information content (AvgIpc) is 2.73. The van der Waals surface area contributed by atoms with Crippen molar-refractivity contribution in [3.05, 3.63) is 94.0 Å². The maximum absolute atomic E-state index is 13.8. The van der Waals surface area contributed by atoms with E-state index in [0.29, 0.717) is 16.3 Å². The Balaban J connectivity index is 1.79. The van der Waals surface area contributed by atoms with Crippen molar-refractivity contribution in [3.63, 3.8) is 0 Å². The van der Waals surface area contributed by atoms with E-state index in [-0.39, 0.29) is 23.4 Å². The number of carboxylic acids is 1. The van der Waals surface area contributed by atoms with Crippen LogP contribution in [0.25, 0.3) is 0 Å². The van der Waals surface area contributed by atoms with E-state index >= 15 is 0 Å². The number of hydrogen-bond acceptors (Lipinski definition) is 4. The molecule has 1 amide bonds. The standard InChI is InChI=1S/C22H18ClFN2O4/c1-13(17-4-2-3-5-18(17)22(28)29)26-21(27)19-10-15(24)11-25-20(19)12-30-16-8-6-14(23)7-9-16/h2-11,13H,12H2,1H3,(H,26,27)(H,28,29)/t13-/m0/s1. The quantitative estimate of drug-likeness (QED) is 0.572. The molecule has 0 aliphatic rings. The average molecular weight is 429 g/mol. The van der Waals surface area contributed by atoms with Crippen LogP contribution in [-0.2, 0) is 6.61 Å². The summed E-state index contributed by atoms with van der Waals surface area (Å²) in [5, 5.41) is 12.6. The first kappa shape index (κ1) is 21.3. The fourth-order valence-electron chi connectivity index (χ4n) is 2.88. The summed E-state index contributed by atoms with van der Waals surface area (Å²) < 4.78 is 19.4. The number of ether oxygens (including phenoxy) is 1. The molecule has 1 heterocycles. The summed E-state index contributed by atoms with van der Waals surface area (Å²) in [6.07, 6.45) is 1.00. The molecule has 0 radical (unpaired) electrons. The lowest BCUT2D eigenvalue weighted by molar-refractivity contribution is 0.0693. The first-order valence-electron chi connectivity index (χ1n) is 9.01. The SMILES string of the molecule is C[C@H](NC(=O)c1cc(F)cnc1COc1ccc(Cl)cc1)c1ccccc1C(=O)O. The zero-order valence-electron chi connectivity index (χ0n) is 15.9. The molecule has 0 aliphatic carbocycles. The molecule has 154 valence electrons. The Morgan fingerprint density at radius 3 is 2.57 bits per heavy atom. The zero-order chi connectivity index (χ0) is 21.7. The molecule has 3 aromatic rings. The summed E-state index contributed by atoms with van der Waals surface area (Å²) in [4.78, 5) is 28.2. The number of carboxylic acid groups (broad SMARTS) is 1. The Kier molecular flexibility index (Phi) is 6.64. The summed E-state index contributed by atoms with van der Waals surface area (Å²) in [6.45, 7) is 1.58. The van der Waals surface area contributed by atoms with Crippen LogP contribution in [0.1, 0.15) is 44.9 Å². The fraction of sp³-hybridized carbons (Fsp3) is 0.136. The van der Waals surface area contributed by atoms with E-state index in [1.165, 1.54) is 6.07 Å². The highest BCUT2D eigenvalue weighted by Crippen LogP contribution is 2.20. The van der Waals surface area contributed by atoms with E-state index in [0.717, 1.165) is 12.3 Å². The van der Waals surface area contributed by atoms with Crippen LogP contribution in [0.2, 0.25) is 5.02 Å². The van der Waals surface area contributed by atoms with E-state index in [9.17, 15) is 19.1 Å². The van der Waals surface area contributed by atoms with Crippen molar-refractivity contribution in [1.29, 1.82) is 0 Å². The Labute approximate surface area is 177 Å². The highest BCUT2D eigenvalue weighted by molar-refractivity contribution is 6.30. The molecule has 0 saturated heterocycles. The Morgan fingerprint density at radius 1 is 1.17 bits per heavy atom. The largest absolute Gasteiger partial charge is 0.487 e. The van der Waals surface area contributed by atoms with E-state index in [4.69, 9.17) is 16.3 Å². The van der Waals surface area contributed by atoms with E-state index in [1.54, 1.807) is 49.4 Å². The minimum absolute atomic E-state index is 0.00335. The third-order valence-corrected chi connectivity index (χ3v) is 4.63. The third kappa shape index (κ3) is 5.12. The number of nitrogens with one attached hydrogen (secondary N) is 1. The molecule has 3 rings (SSSR count). The number of carbonyl (C=O) groups excluding carboxylic acids is 1. The van der Waals surface area contributed by atoms with Gasteiger partial charge in [-0.1, -0.05) is 29.8 Å². The Hall–Kier alpha value is -3.45. The third-order valence-electron chi connectivity index (χ3n) is 4.38. The molecule has 0 bridgehead atoms. The van der Waals surface area contributed by atoms with E-state index in [2.05, 4.69) is 10.3 Å². The van der Waals surface area contributed by atoms with Crippen molar-refractivity contribution in [1.82, 2.24) is 10.3 Å². The summed E-state index contributed by atoms with van der Waals surface area (Å²) in [5.41, 5.74) is 0.752. The number of rotatable bonds is 7. The van der Waals surface area contributed by atoms with E-state index < -0.39 is 23.7 Å². The molecule has 8 heteroatoms. The molecule has 0 aliphatic heterocycles. The molecule has 0 spiro atoms. The van der Waals surface area contributed by atoms with Crippen molar-refractivity contribution in [2.24, 2.45) is 0 Å². The van der Waals surface area contributed by atoms with Crippen LogP contribution >= 0.6 is 11.6 Å². The molecule has 6 nitrogen and oxygen atoms in total. The van der Waals surface area contributed by atoms with Gasteiger partial charge < -0.3 is 15.2 Å². The minimum Gasteiger partial charge on any atom is -0.487 e. The van der Waals surface area contributed by atoms with Crippen LogP contribution in [0.3, 0.4) is 0 Å². The van der Waals surface area contributed by atoms with Gasteiger partial charge in [-0.3, -0.25) is 9.78 Å². The van der Waals surface area contributed by atoms with Gasteiger partial charge in [-0.2, -0.15) is 0 Å². The minimum atomic E-state index is -1.10. The van der Waals surface area contributed by atoms with Crippen molar-refractivity contribution in [3.8, 4) is 5.75 Å². The van der Waals surface area contributed by atoms with Crippen molar-refractivity contribution < 1.29 is 23.8 Å². The van der Waals surface area contributed by atoms with Crippen molar-refractivity contribution in [2.75, 3.05) is 0 Å². The number of aromatic nitrogens is 1. The molecular formula is C22H18ClFN2O4. The Bertz CT molecular complexity index is 1070. The second kappa shape index (κ2) is 9.37. The zero-order valence-corrected chi connectivity index (χ0v) is 16.7.